The zero-order valence-electron chi connectivity index (χ0n) is 13.6. The predicted octanol–water partition coefficient (Wildman–Crippen LogP) is 0.889. The van der Waals surface area contributed by atoms with Gasteiger partial charge in [-0.15, -0.1) is 0 Å². The van der Waals surface area contributed by atoms with Gasteiger partial charge in [0.15, 0.2) is 0 Å². The molecule has 4 rings (SSSR count). The minimum absolute atomic E-state index is 0.110. The highest BCUT2D eigenvalue weighted by molar-refractivity contribution is 5.78. The van der Waals surface area contributed by atoms with E-state index >= 15 is 0 Å². The highest BCUT2D eigenvalue weighted by Crippen LogP contribution is 2.44. The Labute approximate surface area is 137 Å². The minimum atomic E-state index is 0.110. The number of carbonyl (C=O) groups excluding carboxylic acids is 1. The molecule has 1 N–H and O–H groups in total. The second-order valence-electron chi connectivity index (χ2n) is 7.22. The first kappa shape index (κ1) is 15.1. The molecule has 1 amide bonds. The fourth-order valence-electron chi connectivity index (χ4n) is 3.62. The largest absolute Gasteiger partial charge is 0.374 e. The molecular weight excluding hydrogens is 292 g/mol. The Balaban J connectivity index is 1.25. The average Bonchev–Trinajstić information content (AvgIpc) is 3.46. The Morgan fingerprint density at radius 2 is 2.09 bits per heavy atom. The van der Waals surface area contributed by atoms with Crippen LogP contribution in [0.2, 0.25) is 0 Å². The molecule has 3 aliphatic rings. The maximum atomic E-state index is 12.4. The summed E-state index contributed by atoms with van der Waals surface area (Å²) in [6.45, 7) is 3.56. The molecule has 1 aromatic rings. The molecule has 2 heterocycles. The van der Waals surface area contributed by atoms with Crippen molar-refractivity contribution in [2.45, 2.75) is 44.4 Å². The normalized spacial score (nSPS) is 25.7. The van der Waals surface area contributed by atoms with Crippen LogP contribution in [0.1, 0.15) is 25.7 Å². The lowest BCUT2D eigenvalue weighted by atomic mass is 10.1. The number of nitrogens with one attached hydrogen (secondary N) is 1. The van der Waals surface area contributed by atoms with Gasteiger partial charge in [-0.3, -0.25) is 14.4 Å². The van der Waals surface area contributed by atoms with Crippen LogP contribution in [0.25, 0.3) is 0 Å². The van der Waals surface area contributed by atoms with Crippen molar-refractivity contribution in [2.75, 3.05) is 26.2 Å². The van der Waals surface area contributed by atoms with E-state index in [-0.39, 0.29) is 12.0 Å². The van der Waals surface area contributed by atoms with E-state index in [1.807, 2.05) is 16.9 Å². The number of aromatic nitrogens is 2. The first-order valence-electron chi connectivity index (χ1n) is 8.88. The fraction of sp³-hybridized carbons (Fsp3) is 0.765. The molecule has 2 aliphatic carbocycles. The van der Waals surface area contributed by atoms with Crippen molar-refractivity contribution >= 4 is 5.91 Å². The molecule has 6 nitrogen and oxygen atoms in total. The number of hydrogen-bond donors (Lipinski definition) is 1. The first-order chi connectivity index (χ1) is 11.3. The zero-order chi connectivity index (χ0) is 15.6. The van der Waals surface area contributed by atoms with Crippen LogP contribution >= 0.6 is 0 Å². The molecule has 0 bridgehead atoms. The second kappa shape index (κ2) is 6.61. The molecule has 1 atom stereocenters. The molecule has 0 aromatic carbocycles. The van der Waals surface area contributed by atoms with E-state index in [2.05, 4.69) is 15.3 Å². The van der Waals surface area contributed by atoms with E-state index in [0.717, 1.165) is 31.5 Å². The van der Waals surface area contributed by atoms with E-state index < -0.39 is 0 Å². The average molecular weight is 318 g/mol. The van der Waals surface area contributed by atoms with Gasteiger partial charge in [0.1, 0.15) is 0 Å². The molecule has 0 spiro atoms. The van der Waals surface area contributed by atoms with Crippen LogP contribution < -0.4 is 5.32 Å². The Hall–Kier alpha value is -1.40. The van der Waals surface area contributed by atoms with Crippen LogP contribution in [0.5, 0.6) is 0 Å². The van der Waals surface area contributed by atoms with Gasteiger partial charge >= 0.3 is 0 Å². The molecule has 1 saturated heterocycles. The summed E-state index contributed by atoms with van der Waals surface area (Å²) in [5.41, 5.74) is 0. The number of nitrogens with zero attached hydrogens (tertiary/aromatic N) is 3. The van der Waals surface area contributed by atoms with E-state index in [4.69, 9.17) is 4.74 Å². The maximum absolute atomic E-state index is 12.4. The molecule has 126 valence electrons. The van der Waals surface area contributed by atoms with Gasteiger partial charge in [0.05, 0.1) is 25.8 Å². The number of ether oxygens (including phenoxy) is 1. The zero-order valence-corrected chi connectivity index (χ0v) is 13.6. The summed E-state index contributed by atoms with van der Waals surface area (Å²) in [7, 11) is 0. The van der Waals surface area contributed by atoms with E-state index in [0.29, 0.717) is 19.2 Å². The summed E-state index contributed by atoms with van der Waals surface area (Å²) < 4.78 is 7.70. The Bertz CT molecular complexity index is 513. The van der Waals surface area contributed by atoms with Crippen LogP contribution in [-0.2, 0) is 16.1 Å². The quantitative estimate of drug-likeness (QED) is 0.811. The lowest BCUT2D eigenvalue weighted by Crippen LogP contribution is -2.50. The van der Waals surface area contributed by atoms with E-state index in [9.17, 15) is 4.79 Å². The summed E-state index contributed by atoms with van der Waals surface area (Å²) in [5, 5.41) is 7.54. The van der Waals surface area contributed by atoms with Gasteiger partial charge < -0.3 is 10.1 Å². The van der Waals surface area contributed by atoms with Gasteiger partial charge in [-0.1, -0.05) is 0 Å². The van der Waals surface area contributed by atoms with Gasteiger partial charge in [0, 0.05) is 31.5 Å². The molecule has 1 unspecified atom stereocenters. The Kier molecular flexibility index (Phi) is 4.35. The summed E-state index contributed by atoms with van der Waals surface area (Å²) in [4.78, 5) is 14.6. The van der Waals surface area contributed by atoms with Crippen molar-refractivity contribution in [1.82, 2.24) is 20.0 Å². The van der Waals surface area contributed by atoms with Gasteiger partial charge in [-0.05, 0) is 43.6 Å². The van der Waals surface area contributed by atoms with Crippen LogP contribution in [0.3, 0.4) is 0 Å². The minimum Gasteiger partial charge on any atom is -0.374 e. The summed E-state index contributed by atoms with van der Waals surface area (Å²) >= 11 is 0. The van der Waals surface area contributed by atoms with Crippen LogP contribution in [0, 0.1) is 11.8 Å². The van der Waals surface area contributed by atoms with Crippen molar-refractivity contribution < 1.29 is 9.53 Å². The highest BCUT2D eigenvalue weighted by Gasteiger charge is 2.42. The molecular formula is C17H26N4O2. The number of hydrogen-bond acceptors (Lipinski definition) is 4. The van der Waals surface area contributed by atoms with Gasteiger partial charge in [0.25, 0.3) is 0 Å². The highest BCUT2D eigenvalue weighted by atomic mass is 16.5. The Morgan fingerprint density at radius 1 is 1.30 bits per heavy atom. The standard InChI is InChI=1S/C17H26N4O2/c22-16(19-17(13-2-3-13)14-4-5-14)12-20-8-9-23-15(10-20)11-21-7-1-6-18-21/h1,6-7,13-15,17H,2-5,8-12H2,(H,19,22). The topological polar surface area (TPSA) is 59.4 Å². The van der Waals surface area contributed by atoms with Crippen LogP contribution in [-0.4, -0.2) is 59.0 Å². The number of carbonyl (C=O) groups is 1. The van der Waals surface area contributed by atoms with Crippen molar-refractivity contribution in [2.24, 2.45) is 11.8 Å². The SMILES string of the molecule is O=C(CN1CCOC(Cn2cccn2)C1)NC(C1CC1)C1CC1. The molecule has 6 heteroatoms. The molecule has 1 aromatic heterocycles. The van der Waals surface area contributed by atoms with Crippen molar-refractivity contribution in [3.05, 3.63) is 18.5 Å². The molecule has 1 aliphatic heterocycles. The Morgan fingerprint density at radius 3 is 2.74 bits per heavy atom. The van der Waals surface area contributed by atoms with Gasteiger partial charge in [-0.25, -0.2) is 0 Å². The predicted molar refractivity (Wildman–Crippen MR) is 85.8 cm³/mol. The summed E-state index contributed by atoms with van der Waals surface area (Å²) in [5.74, 6) is 1.70. The third kappa shape index (κ3) is 4.12. The smallest absolute Gasteiger partial charge is 0.234 e. The number of rotatable bonds is 7. The molecule has 3 fully saturated rings. The van der Waals surface area contributed by atoms with Crippen molar-refractivity contribution in [1.29, 1.82) is 0 Å². The summed E-state index contributed by atoms with van der Waals surface area (Å²) in [6, 6.07) is 2.37. The molecule has 0 radical (unpaired) electrons. The number of amides is 1. The fourth-order valence-corrected chi connectivity index (χ4v) is 3.62. The molecule has 2 saturated carbocycles. The van der Waals surface area contributed by atoms with Gasteiger partial charge in [0.2, 0.25) is 5.91 Å². The van der Waals surface area contributed by atoms with Crippen molar-refractivity contribution in [3.8, 4) is 0 Å². The number of morpholine rings is 1. The van der Waals surface area contributed by atoms with E-state index in [1.54, 1.807) is 6.20 Å². The third-order valence-corrected chi connectivity index (χ3v) is 5.13. The first-order valence-corrected chi connectivity index (χ1v) is 8.88. The lowest BCUT2D eigenvalue weighted by molar-refractivity contribution is -0.125. The second-order valence-corrected chi connectivity index (χ2v) is 7.22. The monoisotopic (exact) mass is 318 g/mol. The van der Waals surface area contributed by atoms with Crippen LogP contribution in [0.4, 0.5) is 0 Å². The van der Waals surface area contributed by atoms with Crippen molar-refractivity contribution in [3.63, 3.8) is 0 Å². The molecule has 23 heavy (non-hydrogen) atoms. The summed E-state index contributed by atoms with van der Waals surface area (Å²) in [6.07, 6.45) is 9.03. The lowest BCUT2D eigenvalue weighted by Gasteiger charge is -2.32. The van der Waals surface area contributed by atoms with Crippen LogP contribution in [0.15, 0.2) is 18.5 Å². The van der Waals surface area contributed by atoms with Gasteiger partial charge in [-0.2, -0.15) is 5.10 Å². The third-order valence-electron chi connectivity index (χ3n) is 5.13. The van der Waals surface area contributed by atoms with E-state index in [1.165, 1.54) is 25.7 Å². The maximum Gasteiger partial charge on any atom is 0.234 e.